The van der Waals surface area contributed by atoms with Crippen molar-refractivity contribution in [2.75, 3.05) is 25.0 Å². The smallest absolute Gasteiger partial charge is 0.238 e. The molecule has 2 rings (SSSR count). The van der Waals surface area contributed by atoms with Gasteiger partial charge in [0.05, 0.1) is 18.8 Å². The van der Waals surface area contributed by atoms with Gasteiger partial charge >= 0.3 is 0 Å². The van der Waals surface area contributed by atoms with Crippen LogP contribution in [0.1, 0.15) is 24.8 Å². The Kier molecular flexibility index (Phi) is 5.67. The molecular formula is C15H21N3O2S. The number of carbonyl (C=O) groups excluding carboxylic acids is 1. The van der Waals surface area contributed by atoms with Crippen molar-refractivity contribution < 1.29 is 9.90 Å². The van der Waals surface area contributed by atoms with Crippen molar-refractivity contribution in [1.82, 2.24) is 4.90 Å². The monoisotopic (exact) mass is 307 g/mol. The van der Waals surface area contributed by atoms with Gasteiger partial charge in [0.15, 0.2) is 0 Å². The van der Waals surface area contributed by atoms with Gasteiger partial charge in [0, 0.05) is 11.6 Å². The predicted molar refractivity (Wildman–Crippen MR) is 87.3 cm³/mol. The summed E-state index contributed by atoms with van der Waals surface area (Å²) >= 11 is 4.98. The van der Waals surface area contributed by atoms with Gasteiger partial charge in [-0.2, -0.15) is 0 Å². The molecule has 1 amide bonds. The third-order valence-electron chi connectivity index (χ3n) is 3.77. The molecule has 114 valence electrons. The second-order valence-electron chi connectivity index (χ2n) is 5.26. The Hall–Kier alpha value is -1.50. The molecule has 1 fully saturated rings. The average molecular weight is 307 g/mol. The molecule has 0 radical (unpaired) electrons. The summed E-state index contributed by atoms with van der Waals surface area (Å²) in [6, 6.07) is 7.31. The number of rotatable bonds is 5. The van der Waals surface area contributed by atoms with Gasteiger partial charge in [0.1, 0.15) is 4.99 Å². The molecule has 4 N–H and O–H groups in total. The summed E-state index contributed by atoms with van der Waals surface area (Å²) in [4.78, 5) is 14.5. The summed E-state index contributed by atoms with van der Waals surface area (Å²) in [5.41, 5.74) is 6.95. The van der Waals surface area contributed by atoms with E-state index in [1.165, 1.54) is 0 Å². The molecule has 0 aromatic heterocycles. The number of hydrogen-bond donors (Lipinski definition) is 3. The minimum atomic E-state index is -0.112. The van der Waals surface area contributed by atoms with E-state index in [1.807, 2.05) is 17.0 Å². The van der Waals surface area contributed by atoms with Crippen LogP contribution < -0.4 is 11.1 Å². The zero-order valence-electron chi connectivity index (χ0n) is 11.9. The second-order valence-corrected chi connectivity index (χ2v) is 5.70. The quantitative estimate of drug-likeness (QED) is 0.710. The van der Waals surface area contributed by atoms with Crippen molar-refractivity contribution in [3.8, 4) is 0 Å². The van der Waals surface area contributed by atoms with Crippen molar-refractivity contribution >= 4 is 28.8 Å². The molecule has 5 nitrogen and oxygen atoms in total. The highest BCUT2D eigenvalue weighted by molar-refractivity contribution is 7.80. The molecule has 1 aromatic carbocycles. The van der Waals surface area contributed by atoms with E-state index in [2.05, 4.69) is 5.32 Å². The molecule has 0 bridgehead atoms. The van der Waals surface area contributed by atoms with Crippen LogP contribution in [-0.4, -0.2) is 46.6 Å². The number of nitrogens with two attached hydrogens (primary N) is 1. The van der Waals surface area contributed by atoms with E-state index in [4.69, 9.17) is 18.0 Å². The van der Waals surface area contributed by atoms with E-state index in [0.717, 1.165) is 25.8 Å². The molecule has 1 saturated heterocycles. The molecule has 1 unspecified atom stereocenters. The number of nitrogens with zero attached hydrogens (tertiary/aromatic N) is 1. The Morgan fingerprint density at radius 3 is 2.90 bits per heavy atom. The van der Waals surface area contributed by atoms with E-state index < -0.39 is 0 Å². The van der Waals surface area contributed by atoms with Gasteiger partial charge in [-0.3, -0.25) is 9.69 Å². The van der Waals surface area contributed by atoms with Gasteiger partial charge in [-0.25, -0.2) is 0 Å². The van der Waals surface area contributed by atoms with Crippen molar-refractivity contribution in [2.45, 2.75) is 25.3 Å². The average Bonchev–Trinajstić information content (AvgIpc) is 2.48. The molecule has 0 spiro atoms. The number of nitrogens with one attached hydrogen (secondary N) is 1. The van der Waals surface area contributed by atoms with E-state index in [-0.39, 0.29) is 30.1 Å². The number of hydrogen-bond acceptors (Lipinski definition) is 4. The zero-order chi connectivity index (χ0) is 15.2. The summed E-state index contributed by atoms with van der Waals surface area (Å²) in [5.74, 6) is -0.112. The number of carbonyl (C=O) groups is 1. The molecule has 1 heterocycles. The molecule has 1 aromatic rings. The lowest BCUT2D eigenvalue weighted by Gasteiger charge is -2.33. The van der Waals surface area contributed by atoms with Crippen LogP contribution >= 0.6 is 12.2 Å². The highest BCUT2D eigenvalue weighted by Gasteiger charge is 2.23. The lowest BCUT2D eigenvalue weighted by atomic mass is 10.0. The third kappa shape index (κ3) is 4.23. The zero-order valence-corrected chi connectivity index (χ0v) is 12.7. The minimum Gasteiger partial charge on any atom is -0.395 e. The Morgan fingerprint density at radius 1 is 1.43 bits per heavy atom. The first kappa shape index (κ1) is 15.9. The first-order chi connectivity index (χ1) is 10.1. The minimum absolute atomic E-state index is 0.0790. The van der Waals surface area contributed by atoms with Crippen LogP contribution in [0.15, 0.2) is 24.3 Å². The van der Waals surface area contributed by atoms with Gasteiger partial charge in [0.25, 0.3) is 0 Å². The Morgan fingerprint density at radius 2 is 2.19 bits per heavy atom. The maximum Gasteiger partial charge on any atom is 0.238 e. The van der Waals surface area contributed by atoms with Crippen LogP contribution in [0.25, 0.3) is 0 Å². The first-order valence-electron chi connectivity index (χ1n) is 7.15. The number of anilines is 1. The number of likely N-dealkylation sites (tertiary alicyclic amines) is 1. The first-order valence-corrected chi connectivity index (χ1v) is 7.56. The van der Waals surface area contributed by atoms with Crippen LogP contribution in [-0.2, 0) is 4.79 Å². The lowest BCUT2D eigenvalue weighted by molar-refractivity contribution is -0.118. The normalized spacial score (nSPS) is 19.2. The second kappa shape index (κ2) is 7.49. The van der Waals surface area contributed by atoms with Crippen LogP contribution in [0.3, 0.4) is 0 Å². The maximum absolute atomic E-state index is 12.2. The highest BCUT2D eigenvalue weighted by Crippen LogP contribution is 2.18. The predicted octanol–water partition coefficient (Wildman–Crippen LogP) is 1.11. The Balaban J connectivity index is 2.00. The summed E-state index contributed by atoms with van der Waals surface area (Å²) < 4.78 is 0. The lowest BCUT2D eigenvalue weighted by Crippen LogP contribution is -2.45. The van der Waals surface area contributed by atoms with Crippen molar-refractivity contribution in [1.29, 1.82) is 0 Å². The number of amides is 1. The fourth-order valence-electron chi connectivity index (χ4n) is 2.66. The van der Waals surface area contributed by atoms with Crippen LogP contribution in [0.5, 0.6) is 0 Å². The van der Waals surface area contributed by atoms with Gasteiger partial charge in [-0.05, 0) is 31.5 Å². The number of piperidine rings is 1. The number of thiocarbonyl (C=S) groups is 1. The highest BCUT2D eigenvalue weighted by atomic mass is 32.1. The van der Waals surface area contributed by atoms with E-state index in [1.54, 1.807) is 12.1 Å². The number of para-hydroxylation sites is 1. The van der Waals surface area contributed by atoms with Crippen LogP contribution in [0.2, 0.25) is 0 Å². The molecule has 1 aliphatic rings. The summed E-state index contributed by atoms with van der Waals surface area (Å²) in [6.45, 7) is 1.21. The topological polar surface area (TPSA) is 78.6 Å². The number of aliphatic hydroxyl groups is 1. The van der Waals surface area contributed by atoms with Crippen molar-refractivity contribution in [3.05, 3.63) is 29.8 Å². The van der Waals surface area contributed by atoms with Gasteiger partial charge in [0.2, 0.25) is 5.91 Å². The number of benzene rings is 1. The molecule has 21 heavy (non-hydrogen) atoms. The summed E-state index contributed by atoms with van der Waals surface area (Å²) in [7, 11) is 0. The molecule has 6 heteroatoms. The largest absolute Gasteiger partial charge is 0.395 e. The molecule has 1 aliphatic heterocycles. The van der Waals surface area contributed by atoms with Crippen molar-refractivity contribution in [2.24, 2.45) is 5.73 Å². The molecule has 0 saturated carbocycles. The summed E-state index contributed by atoms with van der Waals surface area (Å²) in [5, 5.41) is 12.2. The van der Waals surface area contributed by atoms with Gasteiger partial charge in [-0.1, -0.05) is 30.8 Å². The van der Waals surface area contributed by atoms with E-state index in [9.17, 15) is 9.90 Å². The Labute approximate surface area is 130 Å². The Bertz CT molecular complexity index is 521. The fraction of sp³-hybridized carbons (Fsp3) is 0.467. The third-order valence-corrected chi connectivity index (χ3v) is 3.99. The van der Waals surface area contributed by atoms with E-state index >= 15 is 0 Å². The van der Waals surface area contributed by atoms with Crippen molar-refractivity contribution in [3.63, 3.8) is 0 Å². The van der Waals surface area contributed by atoms with E-state index in [0.29, 0.717) is 11.3 Å². The van der Waals surface area contributed by atoms with Crippen LogP contribution in [0, 0.1) is 0 Å². The molecular weight excluding hydrogens is 286 g/mol. The SMILES string of the molecule is NC(=S)c1ccccc1NC(=O)CN1CCCCC1CO. The molecule has 0 aliphatic carbocycles. The standard InChI is InChI=1S/C15H21N3O2S/c16-15(21)12-6-1-2-7-13(12)17-14(20)9-18-8-4-3-5-11(18)10-19/h1-2,6-7,11,19H,3-5,8-10H2,(H2,16,21)(H,17,20). The summed E-state index contributed by atoms with van der Waals surface area (Å²) in [6.07, 6.45) is 3.11. The van der Waals surface area contributed by atoms with Gasteiger partial charge in [-0.15, -0.1) is 0 Å². The van der Waals surface area contributed by atoms with Crippen LogP contribution in [0.4, 0.5) is 5.69 Å². The molecule has 1 atom stereocenters. The maximum atomic E-state index is 12.2. The van der Waals surface area contributed by atoms with Gasteiger partial charge < -0.3 is 16.2 Å². The fourth-order valence-corrected chi connectivity index (χ4v) is 2.83. The number of aliphatic hydroxyl groups excluding tert-OH is 1.